The summed E-state index contributed by atoms with van der Waals surface area (Å²) in [6.07, 6.45) is -0.800. The number of rotatable bonds is 5. The summed E-state index contributed by atoms with van der Waals surface area (Å²) in [5, 5.41) is 0. The van der Waals surface area contributed by atoms with Crippen molar-refractivity contribution in [1.82, 2.24) is 4.90 Å². The van der Waals surface area contributed by atoms with Crippen LogP contribution >= 0.6 is 0 Å². The molecule has 1 atom stereocenters. The molecule has 1 aromatic carbocycles. The second-order valence-corrected chi connectivity index (χ2v) is 7.16. The number of carbonyl (C=O) groups excluding carboxylic acids is 1. The van der Waals surface area contributed by atoms with Crippen LogP contribution in [0.15, 0.2) is 24.3 Å². The first kappa shape index (κ1) is 18.2. The number of likely N-dealkylation sites (tertiary alicyclic amines) is 1. The molecule has 1 aromatic rings. The first-order chi connectivity index (χ1) is 11.9. The summed E-state index contributed by atoms with van der Waals surface area (Å²) in [6.45, 7) is 2.75. The van der Waals surface area contributed by atoms with Crippen molar-refractivity contribution in [1.29, 1.82) is 0 Å². The second kappa shape index (κ2) is 7.77. The molecule has 2 aliphatic heterocycles. The number of hydrogen-bond acceptors (Lipinski definition) is 2. The molecular weight excluding hydrogens is 329 g/mol. The van der Waals surface area contributed by atoms with Gasteiger partial charge in [-0.1, -0.05) is 18.2 Å². The highest BCUT2D eigenvalue weighted by molar-refractivity contribution is 5.94. The van der Waals surface area contributed by atoms with Gasteiger partial charge in [-0.2, -0.15) is 13.2 Å². The van der Waals surface area contributed by atoms with Crippen LogP contribution in [0.5, 0.6) is 0 Å². The number of piperidine rings is 1. The average molecular weight is 354 g/mol. The third-order valence-corrected chi connectivity index (χ3v) is 5.19. The van der Waals surface area contributed by atoms with E-state index in [4.69, 9.17) is 0 Å². The van der Waals surface area contributed by atoms with Gasteiger partial charge in [-0.3, -0.25) is 4.79 Å². The molecule has 0 aromatic heterocycles. The van der Waals surface area contributed by atoms with Gasteiger partial charge in [0.05, 0.1) is 0 Å². The van der Waals surface area contributed by atoms with Gasteiger partial charge in [-0.15, -0.1) is 0 Å². The Hall–Kier alpha value is -1.56. The topological polar surface area (TPSA) is 23.6 Å². The summed E-state index contributed by atoms with van der Waals surface area (Å²) in [4.78, 5) is 16.2. The summed E-state index contributed by atoms with van der Waals surface area (Å²) in [7, 11) is 0. The predicted octanol–water partition coefficient (Wildman–Crippen LogP) is 4.02. The van der Waals surface area contributed by atoms with Crippen molar-refractivity contribution in [3.05, 3.63) is 29.8 Å². The number of hydrogen-bond donors (Lipinski definition) is 0. The number of benzene rings is 1. The molecule has 0 saturated carbocycles. The van der Waals surface area contributed by atoms with Crippen LogP contribution in [0, 0.1) is 5.92 Å². The lowest BCUT2D eigenvalue weighted by molar-refractivity contribution is -0.143. The second-order valence-electron chi connectivity index (χ2n) is 7.16. The number of alkyl halides is 3. The molecule has 0 radical (unpaired) electrons. The molecule has 0 unspecified atom stereocenters. The number of nitrogens with zero attached hydrogens (tertiary/aromatic N) is 2. The van der Waals surface area contributed by atoms with E-state index in [9.17, 15) is 18.0 Å². The van der Waals surface area contributed by atoms with Gasteiger partial charge < -0.3 is 9.80 Å². The van der Waals surface area contributed by atoms with Crippen LogP contribution in [-0.2, 0) is 11.2 Å². The van der Waals surface area contributed by atoms with Gasteiger partial charge in [0.25, 0.3) is 0 Å². The van der Waals surface area contributed by atoms with Gasteiger partial charge in [0.2, 0.25) is 5.91 Å². The van der Waals surface area contributed by atoms with Gasteiger partial charge in [0, 0.05) is 38.2 Å². The number of amides is 1. The lowest BCUT2D eigenvalue weighted by atomic mass is 10.0. The minimum Gasteiger partial charge on any atom is -0.312 e. The zero-order valence-electron chi connectivity index (χ0n) is 14.4. The Morgan fingerprint density at radius 3 is 2.68 bits per heavy atom. The van der Waals surface area contributed by atoms with E-state index in [0.29, 0.717) is 19.4 Å². The quantitative estimate of drug-likeness (QED) is 0.797. The maximum absolute atomic E-state index is 12.5. The van der Waals surface area contributed by atoms with E-state index in [-0.39, 0.29) is 11.8 Å². The fraction of sp³-hybridized carbons (Fsp3) is 0.632. The normalized spacial score (nSPS) is 22.6. The number of anilines is 1. The monoisotopic (exact) mass is 354 g/mol. The lowest BCUT2D eigenvalue weighted by Crippen LogP contribution is -2.36. The molecule has 3 rings (SSSR count). The van der Waals surface area contributed by atoms with Crippen molar-refractivity contribution in [3.8, 4) is 0 Å². The molecule has 0 aliphatic carbocycles. The first-order valence-corrected chi connectivity index (χ1v) is 9.10. The summed E-state index contributed by atoms with van der Waals surface area (Å²) in [5.74, 6) is -0.107. The SMILES string of the molecule is O=C1CCCCN1c1ccccc1CCN1CC[C@@H](CC(F)(F)F)C1. The van der Waals surface area contributed by atoms with Crippen molar-refractivity contribution < 1.29 is 18.0 Å². The fourth-order valence-electron chi connectivity index (χ4n) is 3.93. The van der Waals surface area contributed by atoms with Gasteiger partial charge in [0.1, 0.15) is 0 Å². The smallest absolute Gasteiger partial charge is 0.312 e. The van der Waals surface area contributed by atoms with E-state index in [0.717, 1.165) is 50.1 Å². The van der Waals surface area contributed by atoms with Crippen LogP contribution in [0.4, 0.5) is 18.9 Å². The maximum atomic E-state index is 12.5. The summed E-state index contributed by atoms with van der Waals surface area (Å²) in [6, 6.07) is 7.91. The highest BCUT2D eigenvalue weighted by Gasteiger charge is 2.35. The Morgan fingerprint density at radius 2 is 1.92 bits per heavy atom. The van der Waals surface area contributed by atoms with Gasteiger partial charge >= 0.3 is 6.18 Å². The van der Waals surface area contributed by atoms with E-state index in [2.05, 4.69) is 4.90 Å². The standard InChI is InChI=1S/C19H25F3N2O/c20-19(21,22)13-15-8-11-23(14-15)12-9-16-5-1-2-6-17(16)24-10-4-3-7-18(24)25/h1-2,5-6,15H,3-4,7-14H2/t15-/m0/s1. The third-order valence-electron chi connectivity index (χ3n) is 5.19. The molecular formula is C19H25F3N2O. The van der Waals surface area contributed by atoms with Crippen LogP contribution < -0.4 is 4.90 Å². The van der Waals surface area contributed by atoms with Crippen molar-refractivity contribution in [3.63, 3.8) is 0 Å². The molecule has 2 fully saturated rings. The van der Waals surface area contributed by atoms with Crippen LogP contribution in [0.3, 0.4) is 0 Å². The van der Waals surface area contributed by atoms with Crippen molar-refractivity contribution >= 4 is 11.6 Å². The largest absolute Gasteiger partial charge is 0.389 e. The zero-order valence-corrected chi connectivity index (χ0v) is 14.4. The Morgan fingerprint density at radius 1 is 1.12 bits per heavy atom. The number of halogens is 3. The molecule has 0 spiro atoms. The highest BCUT2D eigenvalue weighted by Crippen LogP contribution is 2.31. The van der Waals surface area contributed by atoms with Gasteiger partial charge in [0.15, 0.2) is 0 Å². The third kappa shape index (κ3) is 4.97. The van der Waals surface area contributed by atoms with E-state index < -0.39 is 12.6 Å². The Labute approximate surface area is 146 Å². The number of para-hydroxylation sites is 1. The van der Waals surface area contributed by atoms with Crippen molar-refractivity contribution in [2.24, 2.45) is 5.92 Å². The molecule has 1 amide bonds. The maximum Gasteiger partial charge on any atom is 0.389 e. The molecule has 25 heavy (non-hydrogen) atoms. The minimum atomic E-state index is -4.07. The fourth-order valence-corrected chi connectivity index (χ4v) is 3.93. The summed E-state index contributed by atoms with van der Waals surface area (Å²) < 4.78 is 37.6. The Balaban J connectivity index is 1.58. The van der Waals surface area contributed by atoms with Crippen LogP contribution in [-0.4, -0.2) is 43.2 Å². The predicted molar refractivity (Wildman–Crippen MR) is 91.6 cm³/mol. The van der Waals surface area contributed by atoms with Gasteiger partial charge in [-0.25, -0.2) is 0 Å². The summed E-state index contributed by atoms with van der Waals surface area (Å²) in [5.41, 5.74) is 2.08. The van der Waals surface area contributed by atoms with Crippen LogP contribution in [0.2, 0.25) is 0 Å². The van der Waals surface area contributed by atoms with Crippen LogP contribution in [0.25, 0.3) is 0 Å². The van der Waals surface area contributed by atoms with E-state index in [1.54, 1.807) is 0 Å². The molecule has 6 heteroatoms. The minimum absolute atomic E-state index is 0.171. The number of carbonyl (C=O) groups is 1. The lowest BCUT2D eigenvalue weighted by Gasteiger charge is -2.29. The first-order valence-electron chi connectivity index (χ1n) is 9.10. The molecule has 138 valence electrons. The van der Waals surface area contributed by atoms with Gasteiger partial charge in [-0.05, 0) is 49.8 Å². The molecule has 2 saturated heterocycles. The Bertz CT molecular complexity index is 603. The molecule has 2 aliphatic rings. The van der Waals surface area contributed by atoms with Crippen molar-refractivity contribution in [2.45, 2.75) is 44.7 Å². The molecule has 3 nitrogen and oxygen atoms in total. The molecule has 2 heterocycles. The zero-order chi connectivity index (χ0) is 17.9. The van der Waals surface area contributed by atoms with Crippen LogP contribution in [0.1, 0.15) is 37.7 Å². The van der Waals surface area contributed by atoms with E-state index in [1.807, 2.05) is 29.2 Å². The molecule has 0 bridgehead atoms. The highest BCUT2D eigenvalue weighted by atomic mass is 19.4. The van der Waals surface area contributed by atoms with E-state index in [1.165, 1.54) is 0 Å². The van der Waals surface area contributed by atoms with Crippen molar-refractivity contribution in [2.75, 3.05) is 31.1 Å². The Kier molecular flexibility index (Phi) is 5.67. The summed E-state index contributed by atoms with van der Waals surface area (Å²) >= 11 is 0. The molecule has 0 N–H and O–H groups in total. The average Bonchev–Trinajstić information content (AvgIpc) is 2.99. The van der Waals surface area contributed by atoms with E-state index >= 15 is 0 Å².